The Morgan fingerprint density at radius 3 is 1.76 bits per heavy atom. The lowest BCUT2D eigenvalue weighted by Crippen LogP contribution is -2.63. The zero-order valence-corrected chi connectivity index (χ0v) is 36.9. The Morgan fingerprint density at radius 2 is 1.24 bits per heavy atom. The Balaban J connectivity index is 3.47. The van der Waals surface area contributed by atoms with Crippen LogP contribution in [-0.2, 0) is 47.8 Å². The number of esters is 1. The first-order chi connectivity index (χ1) is 27.1. The average Bonchev–Trinajstić information content (AvgIpc) is 3.11. The number of methoxy groups -OCH3 is 1. The first kappa shape index (κ1) is 52.2. The summed E-state index contributed by atoms with van der Waals surface area (Å²) in [5.41, 5.74) is 4.53. The van der Waals surface area contributed by atoms with E-state index >= 15 is 0 Å². The molecule has 0 unspecified atom stereocenters. The van der Waals surface area contributed by atoms with Gasteiger partial charge >= 0.3 is 5.97 Å². The van der Waals surface area contributed by atoms with Crippen LogP contribution in [0.15, 0.2) is 0 Å². The van der Waals surface area contributed by atoms with E-state index in [9.17, 15) is 33.6 Å². The van der Waals surface area contributed by atoms with E-state index in [1.807, 2.05) is 55.4 Å². The number of hydrogen-bond donors (Lipinski definition) is 7. The van der Waals surface area contributed by atoms with Crippen molar-refractivity contribution >= 4 is 41.4 Å². The summed E-state index contributed by atoms with van der Waals surface area (Å²) in [6, 6.07) is -6.10. The summed E-state index contributed by atoms with van der Waals surface area (Å²) in [5, 5.41) is 16.5. The molecule has 1 aliphatic rings. The first-order valence-corrected chi connectivity index (χ1v) is 20.9. The van der Waals surface area contributed by atoms with Crippen molar-refractivity contribution in [3.05, 3.63) is 0 Å². The van der Waals surface area contributed by atoms with Crippen LogP contribution in [0.1, 0.15) is 121 Å². The van der Waals surface area contributed by atoms with E-state index in [0.717, 1.165) is 0 Å². The predicted octanol–water partition coefficient (Wildman–Crippen LogP) is 1.60. The van der Waals surface area contributed by atoms with Crippen LogP contribution in [0.4, 0.5) is 0 Å². The summed E-state index contributed by atoms with van der Waals surface area (Å²) in [5.74, 6) is -4.17. The molecule has 0 saturated carbocycles. The van der Waals surface area contributed by atoms with Crippen molar-refractivity contribution in [3.63, 3.8) is 0 Å². The molecule has 0 aromatic carbocycles. The van der Waals surface area contributed by atoms with Crippen molar-refractivity contribution in [1.29, 1.82) is 0 Å². The minimum absolute atomic E-state index is 0.0123. The Bertz CT molecular complexity index is 1340. The molecule has 17 nitrogen and oxygen atoms in total. The van der Waals surface area contributed by atoms with Crippen LogP contribution in [0.3, 0.4) is 0 Å². The predicted molar refractivity (Wildman–Crippen MR) is 220 cm³/mol. The van der Waals surface area contributed by atoms with Crippen molar-refractivity contribution in [2.45, 2.75) is 162 Å². The summed E-state index contributed by atoms with van der Waals surface area (Å²) in [6.45, 7) is 19.1. The van der Waals surface area contributed by atoms with Crippen LogP contribution in [0, 0.1) is 23.7 Å². The Labute approximate surface area is 345 Å². The number of nitrogens with two attached hydrogens (primary N) is 1. The number of hydrogen-bond acceptors (Lipinski definition) is 11. The van der Waals surface area contributed by atoms with Gasteiger partial charge in [0, 0.05) is 32.8 Å². The maximum absolute atomic E-state index is 13.9. The van der Waals surface area contributed by atoms with E-state index in [1.54, 1.807) is 0 Å². The fraction of sp³-hybridized carbons (Fsp3) is 0.829. The second-order valence-corrected chi connectivity index (χ2v) is 17.5. The molecule has 0 spiro atoms. The third kappa shape index (κ3) is 20.2. The van der Waals surface area contributed by atoms with Crippen molar-refractivity contribution in [3.8, 4) is 0 Å². The van der Waals surface area contributed by atoms with Crippen LogP contribution >= 0.6 is 0 Å². The first-order valence-electron chi connectivity index (χ1n) is 20.9. The van der Waals surface area contributed by atoms with Gasteiger partial charge in [-0.15, -0.1) is 0 Å². The van der Waals surface area contributed by atoms with E-state index in [0.29, 0.717) is 32.5 Å². The van der Waals surface area contributed by atoms with Gasteiger partial charge < -0.3 is 51.8 Å². The molecule has 58 heavy (non-hydrogen) atoms. The van der Waals surface area contributed by atoms with Gasteiger partial charge in [0.05, 0.1) is 13.2 Å². The summed E-state index contributed by atoms with van der Waals surface area (Å²) >= 11 is 0. The zero-order chi connectivity index (χ0) is 44.2. The Kier molecular flexibility index (Phi) is 23.7. The van der Waals surface area contributed by atoms with Crippen LogP contribution < -0.4 is 37.6 Å². The SMILES string of the molecule is COC(=O)[C@@H]1CCOCCCCOCC[C@H](NC(=O)[C@H](CC(C)C)NC(=O)[C@@H](N)CC(C)C)C(=O)NC(C)(C)C(=O)N[C@@H](CC(C)C)C(=O)N[C@@H](CC(C)C)C(=O)N1. The lowest BCUT2D eigenvalue weighted by atomic mass is 9.97. The van der Waals surface area contributed by atoms with Gasteiger partial charge in [0.2, 0.25) is 35.4 Å². The van der Waals surface area contributed by atoms with Crippen molar-refractivity contribution in [1.82, 2.24) is 31.9 Å². The fourth-order valence-electron chi connectivity index (χ4n) is 6.28. The van der Waals surface area contributed by atoms with Gasteiger partial charge in [0.1, 0.15) is 35.7 Å². The van der Waals surface area contributed by atoms with Gasteiger partial charge in [0.15, 0.2) is 0 Å². The Hall–Kier alpha value is -3.83. The number of ether oxygens (including phenoxy) is 3. The topological polar surface area (TPSA) is 245 Å². The molecule has 0 bridgehead atoms. The average molecular weight is 826 g/mol. The van der Waals surface area contributed by atoms with Gasteiger partial charge in [0.25, 0.3) is 0 Å². The van der Waals surface area contributed by atoms with E-state index < -0.39 is 83.2 Å². The van der Waals surface area contributed by atoms with Crippen LogP contribution in [-0.4, -0.2) is 117 Å². The van der Waals surface area contributed by atoms with Gasteiger partial charge in [-0.2, -0.15) is 0 Å². The molecule has 0 aliphatic carbocycles. The van der Waals surface area contributed by atoms with Crippen LogP contribution in [0.5, 0.6) is 0 Å². The van der Waals surface area contributed by atoms with Crippen LogP contribution in [0.2, 0.25) is 0 Å². The van der Waals surface area contributed by atoms with E-state index in [4.69, 9.17) is 19.9 Å². The maximum Gasteiger partial charge on any atom is 0.328 e. The molecule has 1 saturated heterocycles. The number of carbonyl (C=O) groups is 7. The molecule has 1 heterocycles. The Morgan fingerprint density at radius 1 is 0.724 bits per heavy atom. The van der Waals surface area contributed by atoms with Crippen molar-refractivity contribution in [2.75, 3.05) is 33.5 Å². The minimum Gasteiger partial charge on any atom is -0.467 e. The molecule has 1 fully saturated rings. The molecule has 6 atom stereocenters. The molecular weight excluding hydrogens is 750 g/mol. The maximum atomic E-state index is 13.9. The van der Waals surface area contributed by atoms with Gasteiger partial charge in [-0.3, -0.25) is 28.8 Å². The minimum atomic E-state index is -1.58. The summed E-state index contributed by atoms with van der Waals surface area (Å²) in [6.07, 6.45) is 2.58. The molecule has 8 N–H and O–H groups in total. The second kappa shape index (κ2) is 26.3. The van der Waals surface area contributed by atoms with E-state index in [2.05, 4.69) is 31.9 Å². The summed E-state index contributed by atoms with van der Waals surface area (Å²) in [4.78, 5) is 94.6. The fourth-order valence-corrected chi connectivity index (χ4v) is 6.28. The van der Waals surface area contributed by atoms with Gasteiger partial charge in [-0.25, -0.2) is 4.79 Å². The summed E-state index contributed by atoms with van der Waals surface area (Å²) < 4.78 is 16.5. The number of carbonyl (C=O) groups excluding carboxylic acids is 7. The number of amides is 6. The number of rotatable bonds is 13. The molecular formula is C41H75N7O10. The largest absolute Gasteiger partial charge is 0.467 e. The monoisotopic (exact) mass is 826 g/mol. The molecule has 0 radical (unpaired) electrons. The molecule has 1 rings (SSSR count). The summed E-state index contributed by atoms with van der Waals surface area (Å²) in [7, 11) is 1.22. The van der Waals surface area contributed by atoms with Crippen molar-refractivity contribution in [2.24, 2.45) is 29.4 Å². The zero-order valence-electron chi connectivity index (χ0n) is 36.9. The van der Waals surface area contributed by atoms with E-state index in [1.165, 1.54) is 21.0 Å². The quantitative estimate of drug-likeness (QED) is 0.132. The van der Waals surface area contributed by atoms with Gasteiger partial charge in [-0.05, 0) is 82.5 Å². The third-order valence-electron chi connectivity index (χ3n) is 9.44. The van der Waals surface area contributed by atoms with Crippen LogP contribution in [0.25, 0.3) is 0 Å². The highest BCUT2D eigenvalue weighted by molar-refractivity contribution is 5.98. The molecule has 17 heteroatoms. The molecule has 0 aromatic heterocycles. The lowest BCUT2D eigenvalue weighted by molar-refractivity contribution is -0.146. The normalized spacial score (nSPS) is 23.6. The van der Waals surface area contributed by atoms with Crippen molar-refractivity contribution < 1.29 is 47.8 Å². The highest BCUT2D eigenvalue weighted by Crippen LogP contribution is 2.14. The highest BCUT2D eigenvalue weighted by atomic mass is 16.5. The molecule has 6 amide bonds. The smallest absolute Gasteiger partial charge is 0.328 e. The molecule has 334 valence electrons. The standard InChI is InChI=1S/C41H75N7O10/c1-24(2)20-28(42)34(49)45-31(21-25(3)4)35(50)43-29-14-18-57-16-12-13-17-58-19-15-30(39(54)56-11)44-36(51)32(22-26(5)6)46-37(52)33(23-27(7)8)47-40(55)41(9,10)48-38(29)53/h24-33H,12-23,42H2,1-11H3,(H,43,50)(H,44,51)(H,45,49)(H,46,52)(H,47,55)(H,48,53)/t28-,29-,30-,31-,32-,33-/m0/s1. The van der Waals surface area contributed by atoms with Gasteiger partial charge in [-0.1, -0.05) is 55.4 Å². The molecule has 0 aromatic rings. The van der Waals surface area contributed by atoms with E-state index in [-0.39, 0.29) is 69.0 Å². The highest BCUT2D eigenvalue weighted by Gasteiger charge is 2.37. The number of nitrogens with one attached hydrogen (secondary N) is 6. The third-order valence-corrected chi connectivity index (χ3v) is 9.44. The second-order valence-electron chi connectivity index (χ2n) is 17.5. The lowest BCUT2D eigenvalue weighted by Gasteiger charge is -2.31. The molecule has 1 aliphatic heterocycles.